The number of hydrogen-bond donors (Lipinski definition) is 1. The van der Waals surface area contributed by atoms with Gasteiger partial charge in [-0.15, -0.1) is 0 Å². The summed E-state index contributed by atoms with van der Waals surface area (Å²) in [6, 6.07) is 10.7. The van der Waals surface area contributed by atoms with Crippen molar-refractivity contribution in [1.29, 1.82) is 0 Å². The van der Waals surface area contributed by atoms with E-state index < -0.39 is 10.0 Å². The molecule has 0 aliphatic heterocycles. The zero-order valence-electron chi connectivity index (χ0n) is 12.4. The molecule has 0 saturated heterocycles. The summed E-state index contributed by atoms with van der Waals surface area (Å²) < 4.78 is 33.1. The first kappa shape index (κ1) is 15.8. The number of nitrogens with one attached hydrogen (secondary N) is 1. The quantitative estimate of drug-likeness (QED) is 0.798. The van der Waals surface area contributed by atoms with Crippen molar-refractivity contribution in [2.75, 3.05) is 13.2 Å². The number of unbranched alkanes of at least 4 members (excludes halogenated alkanes) is 1. The van der Waals surface area contributed by atoms with Crippen molar-refractivity contribution in [3.05, 3.63) is 36.4 Å². The van der Waals surface area contributed by atoms with Gasteiger partial charge in [-0.05, 0) is 25.5 Å². The van der Waals surface area contributed by atoms with Crippen LogP contribution in [0.25, 0.3) is 10.8 Å². The average molecular weight is 307 g/mol. The molecule has 0 saturated carbocycles. The molecule has 5 heteroatoms. The van der Waals surface area contributed by atoms with Crippen LogP contribution in [0.4, 0.5) is 0 Å². The van der Waals surface area contributed by atoms with Crippen molar-refractivity contribution in [1.82, 2.24) is 4.72 Å². The summed E-state index contributed by atoms with van der Waals surface area (Å²) in [5.74, 6) is 0.709. The van der Waals surface area contributed by atoms with Crippen molar-refractivity contribution < 1.29 is 13.2 Å². The van der Waals surface area contributed by atoms with Crippen LogP contribution >= 0.6 is 0 Å². The average Bonchev–Trinajstić information content (AvgIpc) is 2.48. The molecule has 2 rings (SSSR count). The minimum absolute atomic E-state index is 0.303. The normalized spacial score (nSPS) is 11.7. The number of fused-ring (bicyclic) bond motifs is 1. The lowest BCUT2D eigenvalue weighted by Gasteiger charge is -2.12. The Kier molecular flexibility index (Phi) is 5.20. The minimum atomic E-state index is -3.50. The Labute approximate surface area is 126 Å². The molecule has 0 aromatic heterocycles. The summed E-state index contributed by atoms with van der Waals surface area (Å²) in [7, 11) is -3.50. The largest absolute Gasteiger partial charge is 0.493 e. The Morgan fingerprint density at radius 3 is 2.43 bits per heavy atom. The van der Waals surface area contributed by atoms with Crippen molar-refractivity contribution >= 4 is 20.8 Å². The maximum Gasteiger partial charge on any atom is 0.241 e. The van der Waals surface area contributed by atoms with E-state index in [1.165, 1.54) is 0 Å². The van der Waals surface area contributed by atoms with E-state index in [1.54, 1.807) is 12.1 Å². The maximum absolute atomic E-state index is 12.4. The van der Waals surface area contributed by atoms with Crippen LogP contribution in [0.5, 0.6) is 5.75 Å². The molecule has 0 aliphatic carbocycles. The second kappa shape index (κ2) is 6.91. The number of benzene rings is 2. The molecule has 2 aromatic carbocycles. The zero-order valence-corrected chi connectivity index (χ0v) is 13.2. The van der Waals surface area contributed by atoms with Crippen molar-refractivity contribution in [2.24, 2.45) is 0 Å². The maximum atomic E-state index is 12.4. The highest BCUT2D eigenvalue weighted by molar-refractivity contribution is 7.89. The Bertz CT molecular complexity index is 711. The first-order valence-electron chi connectivity index (χ1n) is 7.24. The summed E-state index contributed by atoms with van der Waals surface area (Å²) in [5, 5.41) is 1.50. The highest BCUT2D eigenvalue weighted by atomic mass is 32.2. The van der Waals surface area contributed by atoms with Gasteiger partial charge in [-0.3, -0.25) is 0 Å². The molecule has 0 atom stereocenters. The molecular weight excluding hydrogens is 286 g/mol. The second-order valence-corrected chi connectivity index (χ2v) is 6.53. The van der Waals surface area contributed by atoms with E-state index in [-0.39, 0.29) is 0 Å². The van der Waals surface area contributed by atoms with Crippen molar-refractivity contribution in [3.63, 3.8) is 0 Å². The van der Waals surface area contributed by atoms with E-state index in [2.05, 4.69) is 4.72 Å². The third kappa shape index (κ3) is 3.54. The molecule has 0 fully saturated rings. The monoisotopic (exact) mass is 307 g/mol. The lowest BCUT2D eigenvalue weighted by Crippen LogP contribution is -2.24. The second-order valence-electron chi connectivity index (χ2n) is 4.79. The SMILES string of the molecule is CCCCNS(=O)(=O)c1ccc(OCC)c2ccccc12. The lowest BCUT2D eigenvalue weighted by molar-refractivity contribution is 0.344. The Morgan fingerprint density at radius 2 is 1.76 bits per heavy atom. The summed E-state index contributed by atoms with van der Waals surface area (Å²) in [4.78, 5) is 0.303. The number of sulfonamides is 1. The van der Waals surface area contributed by atoms with E-state index in [1.807, 2.05) is 38.1 Å². The van der Waals surface area contributed by atoms with E-state index in [4.69, 9.17) is 4.74 Å². The molecule has 0 heterocycles. The summed E-state index contributed by atoms with van der Waals surface area (Å²) in [5.41, 5.74) is 0. The lowest BCUT2D eigenvalue weighted by atomic mass is 10.1. The highest BCUT2D eigenvalue weighted by Crippen LogP contribution is 2.30. The van der Waals surface area contributed by atoms with Gasteiger partial charge in [0, 0.05) is 17.3 Å². The fourth-order valence-electron chi connectivity index (χ4n) is 2.22. The molecule has 0 spiro atoms. The Morgan fingerprint density at radius 1 is 1.05 bits per heavy atom. The van der Waals surface area contributed by atoms with Crippen LogP contribution in [-0.4, -0.2) is 21.6 Å². The zero-order chi connectivity index (χ0) is 15.3. The number of ether oxygens (including phenoxy) is 1. The summed E-state index contributed by atoms with van der Waals surface area (Å²) >= 11 is 0. The number of rotatable bonds is 7. The van der Waals surface area contributed by atoms with Gasteiger partial charge < -0.3 is 4.74 Å². The van der Waals surface area contributed by atoms with Gasteiger partial charge in [0.15, 0.2) is 0 Å². The van der Waals surface area contributed by atoms with Gasteiger partial charge in [0.1, 0.15) is 5.75 Å². The van der Waals surface area contributed by atoms with Gasteiger partial charge in [-0.25, -0.2) is 13.1 Å². The molecule has 114 valence electrons. The van der Waals surface area contributed by atoms with E-state index >= 15 is 0 Å². The predicted octanol–water partition coefficient (Wildman–Crippen LogP) is 3.32. The van der Waals surface area contributed by atoms with Crippen LogP contribution in [0.1, 0.15) is 26.7 Å². The van der Waals surface area contributed by atoms with Gasteiger partial charge in [-0.2, -0.15) is 0 Å². The molecule has 0 bridgehead atoms. The first-order valence-corrected chi connectivity index (χ1v) is 8.72. The Balaban J connectivity index is 2.48. The van der Waals surface area contributed by atoms with Gasteiger partial charge >= 0.3 is 0 Å². The molecule has 0 unspecified atom stereocenters. The highest BCUT2D eigenvalue weighted by Gasteiger charge is 2.18. The van der Waals surface area contributed by atoms with Crippen LogP contribution < -0.4 is 9.46 Å². The first-order chi connectivity index (χ1) is 10.1. The van der Waals surface area contributed by atoms with Gasteiger partial charge in [0.05, 0.1) is 11.5 Å². The van der Waals surface area contributed by atoms with Crippen LogP contribution in [0.15, 0.2) is 41.3 Å². The molecule has 2 aromatic rings. The third-order valence-corrected chi connectivity index (χ3v) is 4.78. The molecule has 1 N–H and O–H groups in total. The standard InChI is InChI=1S/C16H21NO3S/c1-3-5-12-17-21(18,19)16-11-10-15(20-4-2)13-8-6-7-9-14(13)16/h6-11,17H,3-5,12H2,1-2H3. The third-order valence-electron chi connectivity index (χ3n) is 3.26. The molecular formula is C16H21NO3S. The smallest absolute Gasteiger partial charge is 0.241 e. The van der Waals surface area contributed by atoms with Gasteiger partial charge in [-0.1, -0.05) is 37.6 Å². The number of hydrogen-bond acceptors (Lipinski definition) is 3. The van der Waals surface area contributed by atoms with E-state index in [0.29, 0.717) is 29.2 Å². The van der Waals surface area contributed by atoms with Gasteiger partial charge in [0.25, 0.3) is 0 Å². The summed E-state index contributed by atoms with van der Waals surface area (Å²) in [6.45, 7) is 4.94. The van der Waals surface area contributed by atoms with Crippen LogP contribution in [-0.2, 0) is 10.0 Å². The van der Waals surface area contributed by atoms with E-state index in [9.17, 15) is 8.42 Å². The summed E-state index contributed by atoms with van der Waals surface area (Å²) in [6.07, 6.45) is 1.78. The minimum Gasteiger partial charge on any atom is -0.493 e. The van der Waals surface area contributed by atoms with Crippen LogP contribution in [0.3, 0.4) is 0 Å². The molecule has 4 nitrogen and oxygen atoms in total. The van der Waals surface area contributed by atoms with Crippen molar-refractivity contribution in [2.45, 2.75) is 31.6 Å². The fraction of sp³-hybridized carbons (Fsp3) is 0.375. The molecule has 0 aliphatic rings. The predicted molar refractivity (Wildman–Crippen MR) is 85.2 cm³/mol. The topological polar surface area (TPSA) is 55.4 Å². The van der Waals surface area contributed by atoms with Gasteiger partial charge in [0.2, 0.25) is 10.0 Å². The molecule has 0 amide bonds. The van der Waals surface area contributed by atoms with E-state index in [0.717, 1.165) is 18.2 Å². The molecule has 21 heavy (non-hydrogen) atoms. The van der Waals surface area contributed by atoms with Crippen LogP contribution in [0, 0.1) is 0 Å². The van der Waals surface area contributed by atoms with Crippen LogP contribution in [0.2, 0.25) is 0 Å². The fourth-order valence-corrected chi connectivity index (χ4v) is 3.50. The van der Waals surface area contributed by atoms with Crippen molar-refractivity contribution in [3.8, 4) is 5.75 Å². The Hall–Kier alpha value is -1.59. The molecule has 0 radical (unpaired) electrons.